The Labute approximate surface area is 118 Å². The molecule has 5 heteroatoms. The van der Waals surface area contributed by atoms with Crippen LogP contribution in [0.1, 0.15) is 12.8 Å². The van der Waals surface area contributed by atoms with Crippen LogP contribution in [0, 0.1) is 5.92 Å². The summed E-state index contributed by atoms with van der Waals surface area (Å²) in [6, 6.07) is 9.37. The minimum Gasteiger partial charge on any atom is -0.493 e. The summed E-state index contributed by atoms with van der Waals surface area (Å²) in [5.41, 5.74) is 0. The fraction of sp³-hybridized carbons (Fsp3) is 0.533. The second-order valence-electron chi connectivity index (χ2n) is 5.05. The van der Waals surface area contributed by atoms with E-state index in [-0.39, 0.29) is 18.4 Å². The van der Waals surface area contributed by atoms with E-state index in [0.717, 1.165) is 5.75 Å². The van der Waals surface area contributed by atoms with E-state index in [2.05, 4.69) is 0 Å². The minimum absolute atomic E-state index is 0.0172. The number of benzene rings is 1. The van der Waals surface area contributed by atoms with Crippen molar-refractivity contribution in [1.82, 2.24) is 4.90 Å². The Hall–Kier alpha value is -1.59. The molecule has 0 spiro atoms. The number of piperidine rings is 1. The molecule has 0 aliphatic carbocycles. The molecule has 0 aromatic heterocycles. The summed E-state index contributed by atoms with van der Waals surface area (Å²) in [7, 11) is 0. The van der Waals surface area contributed by atoms with Crippen LogP contribution in [0.3, 0.4) is 0 Å². The van der Waals surface area contributed by atoms with Crippen molar-refractivity contribution in [1.29, 1.82) is 0 Å². The third-order valence-electron chi connectivity index (χ3n) is 3.64. The molecule has 2 atom stereocenters. The van der Waals surface area contributed by atoms with E-state index in [0.29, 0.717) is 32.5 Å². The Morgan fingerprint density at radius 1 is 1.35 bits per heavy atom. The first-order valence-corrected chi connectivity index (χ1v) is 6.95. The van der Waals surface area contributed by atoms with E-state index < -0.39 is 6.10 Å². The molecule has 0 bridgehead atoms. The molecule has 1 amide bonds. The predicted octanol–water partition coefficient (Wildman–Crippen LogP) is 0.657. The molecule has 1 aromatic carbocycles. The molecule has 1 aliphatic heterocycles. The highest BCUT2D eigenvalue weighted by molar-refractivity contribution is 5.76. The van der Waals surface area contributed by atoms with Crippen LogP contribution >= 0.6 is 0 Å². The molecular weight excluding hydrogens is 258 g/mol. The predicted molar refractivity (Wildman–Crippen MR) is 74.3 cm³/mol. The summed E-state index contributed by atoms with van der Waals surface area (Å²) in [5.74, 6) is 0.621. The van der Waals surface area contributed by atoms with E-state index in [4.69, 9.17) is 9.84 Å². The molecule has 0 saturated carbocycles. The topological polar surface area (TPSA) is 70.0 Å². The quantitative estimate of drug-likeness (QED) is 0.830. The first kappa shape index (κ1) is 14.8. The smallest absolute Gasteiger partial charge is 0.226 e. The first-order chi connectivity index (χ1) is 9.70. The second kappa shape index (κ2) is 7.26. The van der Waals surface area contributed by atoms with Crippen molar-refractivity contribution in [3.05, 3.63) is 30.3 Å². The number of hydrogen-bond donors (Lipinski definition) is 2. The molecule has 0 radical (unpaired) electrons. The molecule has 110 valence electrons. The summed E-state index contributed by atoms with van der Waals surface area (Å²) in [6.45, 7) is 1.20. The second-order valence-corrected chi connectivity index (χ2v) is 5.05. The number of ether oxygens (including phenoxy) is 1. The summed E-state index contributed by atoms with van der Waals surface area (Å²) in [4.78, 5) is 13.6. The molecule has 1 aromatic rings. The number of carbonyl (C=O) groups is 1. The van der Waals surface area contributed by atoms with Gasteiger partial charge in [0.05, 0.1) is 19.1 Å². The Morgan fingerprint density at radius 3 is 2.75 bits per heavy atom. The maximum atomic E-state index is 12.0. The number of hydrogen-bond acceptors (Lipinski definition) is 4. The van der Waals surface area contributed by atoms with Gasteiger partial charge >= 0.3 is 0 Å². The highest BCUT2D eigenvalue weighted by Crippen LogP contribution is 2.18. The Kier molecular flexibility index (Phi) is 5.38. The largest absolute Gasteiger partial charge is 0.493 e. The number of rotatable bonds is 5. The molecular formula is C15H21NO4. The maximum absolute atomic E-state index is 12.0. The van der Waals surface area contributed by atoms with Gasteiger partial charge < -0.3 is 19.8 Å². The lowest BCUT2D eigenvalue weighted by atomic mass is 9.94. The van der Waals surface area contributed by atoms with Gasteiger partial charge in [0.1, 0.15) is 5.75 Å². The van der Waals surface area contributed by atoms with Crippen LogP contribution in [-0.4, -0.2) is 53.4 Å². The van der Waals surface area contributed by atoms with Crippen molar-refractivity contribution in [2.75, 3.05) is 26.3 Å². The van der Waals surface area contributed by atoms with Gasteiger partial charge in [-0.2, -0.15) is 0 Å². The first-order valence-electron chi connectivity index (χ1n) is 6.95. The molecule has 0 unspecified atom stereocenters. The van der Waals surface area contributed by atoms with Gasteiger partial charge in [-0.15, -0.1) is 0 Å². The van der Waals surface area contributed by atoms with Crippen molar-refractivity contribution in [3.63, 3.8) is 0 Å². The van der Waals surface area contributed by atoms with Gasteiger partial charge in [-0.05, 0) is 18.6 Å². The number of nitrogens with zero attached hydrogens (tertiary/aromatic N) is 1. The Bertz CT molecular complexity index is 423. The SMILES string of the molecule is O=C(CCOc1ccccc1)N1CC[C@@H](CO)[C@H](O)C1. The summed E-state index contributed by atoms with van der Waals surface area (Å²) >= 11 is 0. The number of aliphatic hydroxyl groups is 2. The highest BCUT2D eigenvalue weighted by Gasteiger charge is 2.29. The van der Waals surface area contributed by atoms with Crippen molar-refractivity contribution in [2.24, 2.45) is 5.92 Å². The fourth-order valence-corrected chi connectivity index (χ4v) is 2.35. The maximum Gasteiger partial charge on any atom is 0.226 e. The average Bonchev–Trinajstić information content (AvgIpc) is 2.48. The van der Waals surface area contributed by atoms with E-state index in [1.165, 1.54) is 0 Å². The van der Waals surface area contributed by atoms with E-state index in [1.807, 2.05) is 30.3 Å². The fourth-order valence-electron chi connectivity index (χ4n) is 2.35. The zero-order chi connectivity index (χ0) is 14.4. The summed E-state index contributed by atoms with van der Waals surface area (Å²) in [6.07, 6.45) is 0.307. The van der Waals surface area contributed by atoms with E-state index in [1.54, 1.807) is 4.90 Å². The van der Waals surface area contributed by atoms with Crippen LogP contribution in [-0.2, 0) is 4.79 Å². The van der Waals surface area contributed by atoms with Crippen molar-refractivity contribution in [3.8, 4) is 5.75 Å². The molecule has 20 heavy (non-hydrogen) atoms. The lowest BCUT2D eigenvalue weighted by Gasteiger charge is -2.35. The lowest BCUT2D eigenvalue weighted by molar-refractivity contribution is -0.136. The van der Waals surface area contributed by atoms with Gasteiger partial charge in [0.15, 0.2) is 0 Å². The van der Waals surface area contributed by atoms with E-state index in [9.17, 15) is 9.90 Å². The Balaban J connectivity index is 1.73. The zero-order valence-corrected chi connectivity index (χ0v) is 11.4. The van der Waals surface area contributed by atoms with Gasteiger partial charge in [-0.3, -0.25) is 4.79 Å². The number of aliphatic hydroxyl groups excluding tert-OH is 2. The van der Waals surface area contributed by atoms with Crippen LogP contribution in [0.25, 0.3) is 0 Å². The highest BCUT2D eigenvalue weighted by atomic mass is 16.5. The monoisotopic (exact) mass is 279 g/mol. The number of carbonyl (C=O) groups excluding carboxylic acids is 1. The number of para-hydroxylation sites is 1. The van der Waals surface area contributed by atoms with Gasteiger partial charge in [0, 0.05) is 25.6 Å². The molecule has 1 heterocycles. The van der Waals surface area contributed by atoms with Gasteiger partial charge in [0.2, 0.25) is 5.91 Å². The lowest BCUT2D eigenvalue weighted by Crippen LogP contribution is -2.47. The Morgan fingerprint density at radius 2 is 2.10 bits per heavy atom. The zero-order valence-electron chi connectivity index (χ0n) is 11.4. The standard InChI is InChI=1S/C15H21NO4/c17-11-12-6-8-16(10-14(12)18)15(19)7-9-20-13-4-2-1-3-5-13/h1-5,12,14,17-18H,6-11H2/t12-,14+/m0/s1. The molecule has 2 N–H and O–H groups in total. The van der Waals surface area contributed by atoms with Gasteiger partial charge in [-0.25, -0.2) is 0 Å². The minimum atomic E-state index is -0.632. The molecule has 1 aliphatic rings. The van der Waals surface area contributed by atoms with Gasteiger partial charge in [-0.1, -0.05) is 18.2 Å². The van der Waals surface area contributed by atoms with Crippen molar-refractivity contribution in [2.45, 2.75) is 18.9 Å². The number of β-amino-alcohol motifs (C(OH)–C–C–N with tert-alkyl or cyclic N) is 1. The van der Waals surface area contributed by atoms with Crippen LogP contribution < -0.4 is 4.74 Å². The van der Waals surface area contributed by atoms with Crippen LogP contribution in [0.4, 0.5) is 0 Å². The molecule has 1 fully saturated rings. The normalized spacial score (nSPS) is 22.6. The average molecular weight is 279 g/mol. The van der Waals surface area contributed by atoms with Crippen molar-refractivity contribution >= 4 is 5.91 Å². The number of likely N-dealkylation sites (tertiary alicyclic amines) is 1. The third-order valence-corrected chi connectivity index (χ3v) is 3.64. The van der Waals surface area contributed by atoms with Crippen LogP contribution in [0.5, 0.6) is 5.75 Å². The van der Waals surface area contributed by atoms with Crippen LogP contribution in [0.2, 0.25) is 0 Å². The molecule has 1 saturated heterocycles. The third kappa shape index (κ3) is 3.95. The summed E-state index contributed by atoms with van der Waals surface area (Å²) < 4.78 is 5.49. The van der Waals surface area contributed by atoms with Gasteiger partial charge in [0.25, 0.3) is 0 Å². The number of amides is 1. The molecule has 5 nitrogen and oxygen atoms in total. The van der Waals surface area contributed by atoms with Crippen LogP contribution in [0.15, 0.2) is 30.3 Å². The molecule has 2 rings (SSSR count). The summed E-state index contributed by atoms with van der Waals surface area (Å²) in [5, 5.41) is 18.9. The van der Waals surface area contributed by atoms with Crippen molar-refractivity contribution < 1.29 is 19.7 Å². The van der Waals surface area contributed by atoms with E-state index >= 15 is 0 Å².